The normalized spacial score (nSPS) is 12.8. The molecule has 0 bridgehead atoms. The van der Waals surface area contributed by atoms with Crippen LogP contribution in [-0.4, -0.2) is 26.1 Å². The summed E-state index contributed by atoms with van der Waals surface area (Å²) in [5, 5.41) is 9.76. The molecule has 0 amide bonds. The van der Waals surface area contributed by atoms with E-state index in [-0.39, 0.29) is 18.0 Å². The fourth-order valence-corrected chi connectivity index (χ4v) is 1.51. The molecule has 0 aliphatic carbocycles. The van der Waals surface area contributed by atoms with Gasteiger partial charge in [0.2, 0.25) is 0 Å². The molecule has 1 unspecified atom stereocenters. The molecule has 100 valence electrons. The van der Waals surface area contributed by atoms with Crippen LogP contribution in [0, 0.1) is 5.92 Å². The molecule has 1 atom stereocenters. The Morgan fingerprint density at radius 2 is 1.94 bits per heavy atom. The smallest absolute Gasteiger partial charge is 0.330 e. The highest BCUT2D eigenvalue weighted by Gasteiger charge is 2.16. The van der Waals surface area contributed by atoms with E-state index in [2.05, 4.69) is 0 Å². The molecule has 0 saturated carbocycles. The number of aromatic nitrogens is 2. The first kappa shape index (κ1) is 14.4. The predicted octanol–water partition coefficient (Wildman–Crippen LogP) is -0.234. The van der Waals surface area contributed by atoms with Gasteiger partial charge in [0.25, 0.3) is 5.56 Å². The Hall–Kier alpha value is -1.69. The van der Waals surface area contributed by atoms with E-state index < -0.39 is 23.1 Å². The molecular weight excluding hydrogens is 236 g/mol. The number of nitrogens with zero attached hydrogens (tertiary/aromatic N) is 2. The highest BCUT2D eigenvalue weighted by Crippen LogP contribution is 2.03. The Morgan fingerprint density at radius 1 is 1.39 bits per heavy atom. The van der Waals surface area contributed by atoms with Crippen LogP contribution in [-0.2, 0) is 13.6 Å². The van der Waals surface area contributed by atoms with Crippen molar-refractivity contribution in [2.75, 3.05) is 0 Å². The molecule has 6 heteroatoms. The number of aliphatic hydroxyl groups excluding tert-OH is 1. The molecule has 0 saturated heterocycles. The summed E-state index contributed by atoms with van der Waals surface area (Å²) in [7, 11) is 1.31. The summed E-state index contributed by atoms with van der Waals surface area (Å²) in [5.74, 6) is -0.418. The van der Waals surface area contributed by atoms with Crippen LogP contribution in [0.5, 0.6) is 0 Å². The van der Waals surface area contributed by atoms with Crippen molar-refractivity contribution in [3.63, 3.8) is 0 Å². The van der Waals surface area contributed by atoms with Gasteiger partial charge in [-0.2, -0.15) is 0 Å². The van der Waals surface area contributed by atoms with Gasteiger partial charge in [-0.15, -0.1) is 0 Å². The molecule has 1 rings (SSSR count). The van der Waals surface area contributed by atoms with Gasteiger partial charge < -0.3 is 5.11 Å². The SMILES string of the molecule is CC(=O)c1cn(CC(O)C(C)C)c(=O)n(C)c1=O. The van der Waals surface area contributed by atoms with Crippen molar-refractivity contribution in [2.24, 2.45) is 13.0 Å². The summed E-state index contributed by atoms with van der Waals surface area (Å²) in [6, 6.07) is 0. The summed E-state index contributed by atoms with van der Waals surface area (Å²) < 4.78 is 2.08. The largest absolute Gasteiger partial charge is 0.391 e. The van der Waals surface area contributed by atoms with Crippen molar-refractivity contribution >= 4 is 5.78 Å². The van der Waals surface area contributed by atoms with E-state index in [0.717, 1.165) is 4.57 Å². The first-order valence-corrected chi connectivity index (χ1v) is 5.75. The zero-order chi connectivity index (χ0) is 14.0. The van der Waals surface area contributed by atoms with Crippen LogP contribution in [0.4, 0.5) is 0 Å². The second kappa shape index (κ2) is 5.30. The van der Waals surface area contributed by atoms with E-state index in [0.29, 0.717) is 0 Å². The van der Waals surface area contributed by atoms with Crippen molar-refractivity contribution in [1.29, 1.82) is 0 Å². The molecule has 6 nitrogen and oxygen atoms in total. The fourth-order valence-electron chi connectivity index (χ4n) is 1.51. The van der Waals surface area contributed by atoms with E-state index >= 15 is 0 Å². The second-order valence-electron chi connectivity index (χ2n) is 4.71. The Morgan fingerprint density at radius 3 is 2.39 bits per heavy atom. The molecular formula is C12H18N2O4. The van der Waals surface area contributed by atoms with Crippen LogP contribution < -0.4 is 11.2 Å². The lowest BCUT2D eigenvalue weighted by atomic mass is 10.1. The molecule has 0 spiro atoms. The third kappa shape index (κ3) is 2.76. The molecule has 1 aromatic heterocycles. The summed E-state index contributed by atoms with van der Waals surface area (Å²) in [6.45, 7) is 4.97. The van der Waals surface area contributed by atoms with Crippen molar-refractivity contribution in [3.8, 4) is 0 Å². The molecule has 0 radical (unpaired) electrons. The van der Waals surface area contributed by atoms with Gasteiger partial charge in [-0.05, 0) is 12.8 Å². The number of aliphatic hydroxyl groups is 1. The Balaban J connectivity index is 3.34. The van der Waals surface area contributed by atoms with Crippen LogP contribution in [0.2, 0.25) is 0 Å². The summed E-state index contributed by atoms with van der Waals surface area (Å²) in [6.07, 6.45) is 0.513. The first-order chi connectivity index (χ1) is 8.25. The van der Waals surface area contributed by atoms with Crippen LogP contribution in [0.1, 0.15) is 31.1 Å². The number of carbonyl (C=O) groups is 1. The lowest BCUT2D eigenvalue weighted by Crippen LogP contribution is -2.42. The minimum atomic E-state index is -0.708. The Kier molecular flexibility index (Phi) is 4.24. The lowest BCUT2D eigenvalue weighted by Gasteiger charge is -2.16. The molecule has 1 N–H and O–H groups in total. The van der Waals surface area contributed by atoms with Crippen molar-refractivity contribution in [3.05, 3.63) is 32.6 Å². The molecule has 0 aromatic carbocycles. The van der Waals surface area contributed by atoms with Gasteiger partial charge in [-0.3, -0.25) is 18.7 Å². The topological polar surface area (TPSA) is 81.3 Å². The minimum absolute atomic E-state index is 0.0186. The van der Waals surface area contributed by atoms with Gasteiger partial charge in [0.05, 0.1) is 18.2 Å². The number of carbonyl (C=O) groups excluding carboxylic acids is 1. The number of hydrogen-bond donors (Lipinski definition) is 1. The summed E-state index contributed by atoms with van der Waals surface area (Å²) >= 11 is 0. The number of rotatable bonds is 4. The number of ketones is 1. The van der Waals surface area contributed by atoms with Crippen LogP contribution >= 0.6 is 0 Å². The zero-order valence-electron chi connectivity index (χ0n) is 11.0. The molecule has 0 aliphatic heterocycles. The van der Waals surface area contributed by atoms with Crippen LogP contribution in [0.15, 0.2) is 15.8 Å². The van der Waals surface area contributed by atoms with E-state index in [1.807, 2.05) is 13.8 Å². The van der Waals surface area contributed by atoms with Crippen molar-refractivity contribution in [2.45, 2.75) is 33.4 Å². The summed E-state index contributed by atoms with van der Waals surface area (Å²) in [4.78, 5) is 34.8. The monoisotopic (exact) mass is 254 g/mol. The van der Waals surface area contributed by atoms with Crippen molar-refractivity contribution < 1.29 is 9.90 Å². The van der Waals surface area contributed by atoms with E-state index in [1.54, 1.807) is 0 Å². The van der Waals surface area contributed by atoms with Gasteiger partial charge in [0.1, 0.15) is 0 Å². The molecule has 0 fully saturated rings. The van der Waals surface area contributed by atoms with E-state index in [9.17, 15) is 19.5 Å². The standard InChI is InChI=1S/C12H18N2O4/c1-7(2)10(16)6-14-5-9(8(3)15)11(17)13(4)12(14)18/h5,7,10,16H,6H2,1-4H3. The fraction of sp³-hybridized carbons (Fsp3) is 0.583. The molecule has 0 aliphatic rings. The molecule has 1 aromatic rings. The maximum Gasteiger partial charge on any atom is 0.330 e. The third-order valence-electron chi connectivity index (χ3n) is 2.89. The average molecular weight is 254 g/mol. The minimum Gasteiger partial charge on any atom is -0.391 e. The van der Waals surface area contributed by atoms with Gasteiger partial charge >= 0.3 is 5.69 Å². The Labute approximate surface area is 104 Å². The predicted molar refractivity (Wildman–Crippen MR) is 66.8 cm³/mol. The van der Waals surface area contributed by atoms with Gasteiger partial charge in [-0.1, -0.05) is 13.8 Å². The van der Waals surface area contributed by atoms with E-state index in [4.69, 9.17) is 0 Å². The van der Waals surface area contributed by atoms with Gasteiger partial charge in [-0.25, -0.2) is 4.79 Å². The van der Waals surface area contributed by atoms with Gasteiger partial charge in [0, 0.05) is 13.2 Å². The maximum atomic E-state index is 11.8. The van der Waals surface area contributed by atoms with E-state index in [1.165, 1.54) is 24.7 Å². The third-order valence-corrected chi connectivity index (χ3v) is 2.89. The average Bonchev–Trinajstić information content (AvgIpc) is 2.29. The lowest BCUT2D eigenvalue weighted by molar-refractivity contribution is 0.0994. The summed E-state index contributed by atoms with van der Waals surface area (Å²) in [5.41, 5.74) is -1.19. The maximum absolute atomic E-state index is 11.8. The van der Waals surface area contributed by atoms with Crippen LogP contribution in [0.25, 0.3) is 0 Å². The molecule has 1 heterocycles. The zero-order valence-corrected chi connectivity index (χ0v) is 11.0. The second-order valence-corrected chi connectivity index (χ2v) is 4.71. The number of hydrogen-bond acceptors (Lipinski definition) is 4. The van der Waals surface area contributed by atoms with Crippen LogP contribution in [0.3, 0.4) is 0 Å². The quantitative estimate of drug-likeness (QED) is 0.752. The first-order valence-electron chi connectivity index (χ1n) is 5.75. The molecule has 18 heavy (non-hydrogen) atoms. The van der Waals surface area contributed by atoms with Gasteiger partial charge in [0.15, 0.2) is 5.78 Å². The number of Topliss-reactive ketones (excluding diaryl/α,β-unsaturated/α-hetero) is 1. The highest BCUT2D eigenvalue weighted by atomic mass is 16.3. The van der Waals surface area contributed by atoms with Crippen molar-refractivity contribution in [1.82, 2.24) is 9.13 Å². The highest BCUT2D eigenvalue weighted by molar-refractivity contribution is 5.93. The Bertz CT molecular complexity index is 568.